The topological polar surface area (TPSA) is 50.7 Å². The Balaban J connectivity index is 1.80. The van der Waals surface area contributed by atoms with Crippen molar-refractivity contribution in [3.8, 4) is 16.9 Å². The number of halogens is 2. The first kappa shape index (κ1) is 18.9. The number of carbonyl (C=O) groups is 1. The molecule has 6 heteroatoms. The van der Waals surface area contributed by atoms with Gasteiger partial charge in [0.05, 0.1) is 23.7 Å². The lowest BCUT2D eigenvalue weighted by Gasteiger charge is -2.09. The zero-order valence-electron chi connectivity index (χ0n) is 16.6. The summed E-state index contributed by atoms with van der Waals surface area (Å²) in [6.45, 7) is 1.80. The maximum atomic E-state index is 14.5. The Morgan fingerprint density at radius 3 is 2.58 bits per heavy atom. The lowest BCUT2D eigenvalue weighted by Crippen LogP contribution is -2.08. The first-order valence-electron chi connectivity index (χ1n) is 9.73. The molecule has 0 saturated heterocycles. The largest absolute Gasteiger partial charge is 0.331 e. The molecule has 152 valence electrons. The maximum absolute atomic E-state index is 14.5. The molecule has 2 aromatic heterocycles. The summed E-state index contributed by atoms with van der Waals surface area (Å²) in [6, 6.07) is 16.7. The van der Waals surface area contributed by atoms with Gasteiger partial charge in [0.1, 0.15) is 17.5 Å². The Hall–Kier alpha value is -4.06. The van der Waals surface area contributed by atoms with Gasteiger partial charge in [-0.2, -0.15) is 0 Å². The SMILES string of the molecule is Cc1c(C(=O)c2ccc(F)cc2F)c(-c2cccc3ccccc23)cn1-c1cnc[nH]1. The Bertz CT molecular complexity index is 1430. The molecule has 0 aliphatic heterocycles. The minimum absolute atomic E-state index is 0.173. The van der Waals surface area contributed by atoms with E-state index in [-0.39, 0.29) is 5.56 Å². The van der Waals surface area contributed by atoms with E-state index in [1.165, 1.54) is 6.07 Å². The maximum Gasteiger partial charge on any atom is 0.198 e. The van der Waals surface area contributed by atoms with Crippen molar-refractivity contribution in [2.24, 2.45) is 0 Å². The number of rotatable bonds is 4. The van der Waals surface area contributed by atoms with Crippen molar-refractivity contribution >= 4 is 16.6 Å². The summed E-state index contributed by atoms with van der Waals surface area (Å²) in [4.78, 5) is 20.6. The van der Waals surface area contributed by atoms with Crippen molar-refractivity contribution in [1.29, 1.82) is 0 Å². The highest BCUT2D eigenvalue weighted by atomic mass is 19.1. The number of benzene rings is 3. The molecule has 0 radical (unpaired) electrons. The lowest BCUT2D eigenvalue weighted by molar-refractivity contribution is 0.103. The second-order valence-electron chi connectivity index (χ2n) is 7.29. The normalized spacial score (nSPS) is 11.2. The van der Waals surface area contributed by atoms with Crippen LogP contribution in [0.3, 0.4) is 0 Å². The molecule has 2 heterocycles. The Labute approximate surface area is 176 Å². The molecule has 31 heavy (non-hydrogen) atoms. The van der Waals surface area contributed by atoms with Crippen LogP contribution in [0.4, 0.5) is 8.78 Å². The quantitative estimate of drug-likeness (QED) is 0.377. The highest BCUT2D eigenvalue weighted by Gasteiger charge is 2.25. The number of hydrogen-bond donors (Lipinski definition) is 1. The molecule has 0 atom stereocenters. The van der Waals surface area contributed by atoms with Crippen LogP contribution in [-0.2, 0) is 0 Å². The first-order chi connectivity index (χ1) is 15.0. The number of aromatic nitrogens is 3. The van der Waals surface area contributed by atoms with Gasteiger partial charge < -0.3 is 9.55 Å². The average Bonchev–Trinajstić information content (AvgIpc) is 3.41. The third kappa shape index (κ3) is 3.13. The third-order valence-electron chi connectivity index (χ3n) is 5.48. The van der Waals surface area contributed by atoms with E-state index in [4.69, 9.17) is 0 Å². The molecular formula is C25H17F2N3O. The van der Waals surface area contributed by atoms with Gasteiger partial charge in [-0.1, -0.05) is 42.5 Å². The minimum atomic E-state index is -0.887. The van der Waals surface area contributed by atoms with Crippen LogP contribution in [0.1, 0.15) is 21.6 Å². The summed E-state index contributed by atoms with van der Waals surface area (Å²) >= 11 is 0. The molecule has 5 rings (SSSR count). The van der Waals surface area contributed by atoms with E-state index in [0.29, 0.717) is 22.6 Å². The number of carbonyl (C=O) groups excluding carboxylic acids is 1. The minimum Gasteiger partial charge on any atom is -0.331 e. The van der Waals surface area contributed by atoms with Gasteiger partial charge in [0.2, 0.25) is 0 Å². The molecule has 0 saturated carbocycles. The number of nitrogens with one attached hydrogen (secondary N) is 1. The molecule has 3 aromatic carbocycles. The third-order valence-corrected chi connectivity index (χ3v) is 5.48. The number of imidazole rings is 1. The van der Waals surface area contributed by atoms with Crippen LogP contribution in [0.2, 0.25) is 0 Å². The highest BCUT2D eigenvalue weighted by molar-refractivity contribution is 6.15. The van der Waals surface area contributed by atoms with E-state index >= 15 is 0 Å². The summed E-state index contributed by atoms with van der Waals surface area (Å²) in [5.41, 5.74) is 2.33. The van der Waals surface area contributed by atoms with Gasteiger partial charge in [-0.3, -0.25) is 4.79 Å². The predicted octanol–water partition coefficient (Wildman–Crippen LogP) is 5.84. The van der Waals surface area contributed by atoms with E-state index in [0.717, 1.165) is 28.5 Å². The molecule has 1 N–H and O–H groups in total. The summed E-state index contributed by atoms with van der Waals surface area (Å²) in [7, 11) is 0. The number of aromatic amines is 1. The Morgan fingerprint density at radius 1 is 1.00 bits per heavy atom. The van der Waals surface area contributed by atoms with E-state index in [1.807, 2.05) is 53.2 Å². The molecule has 0 unspecified atom stereocenters. The highest BCUT2D eigenvalue weighted by Crippen LogP contribution is 2.36. The summed E-state index contributed by atoms with van der Waals surface area (Å²) in [5, 5.41) is 2.00. The van der Waals surface area contributed by atoms with Crippen molar-refractivity contribution in [1.82, 2.24) is 14.5 Å². The molecule has 0 amide bonds. The van der Waals surface area contributed by atoms with E-state index < -0.39 is 17.4 Å². The zero-order valence-corrected chi connectivity index (χ0v) is 16.6. The van der Waals surface area contributed by atoms with E-state index in [1.54, 1.807) is 19.4 Å². The molecule has 0 spiro atoms. The molecular weight excluding hydrogens is 396 g/mol. The lowest BCUT2D eigenvalue weighted by atomic mass is 9.93. The van der Waals surface area contributed by atoms with Crippen molar-refractivity contribution in [3.63, 3.8) is 0 Å². The van der Waals surface area contributed by atoms with E-state index in [9.17, 15) is 13.6 Å². The summed E-state index contributed by atoms with van der Waals surface area (Å²) in [6.07, 6.45) is 5.04. The number of H-pyrrole nitrogens is 1. The molecule has 0 aliphatic carbocycles. The van der Waals surface area contributed by atoms with Crippen molar-refractivity contribution < 1.29 is 13.6 Å². The first-order valence-corrected chi connectivity index (χ1v) is 9.73. The van der Waals surface area contributed by atoms with E-state index in [2.05, 4.69) is 9.97 Å². The number of hydrogen-bond acceptors (Lipinski definition) is 2. The van der Waals surface area contributed by atoms with Gasteiger partial charge in [0.15, 0.2) is 5.78 Å². The molecule has 5 aromatic rings. The standard InChI is InChI=1S/C25H17F2N3O/c1-15-24(25(31)20-10-9-17(26)11-22(20)27)21(13-30(15)23-12-28-14-29-23)19-8-4-6-16-5-2-3-7-18(16)19/h2-14H,1H3,(H,28,29). The van der Waals surface area contributed by atoms with Gasteiger partial charge in [-0.25, -0.2) is 13.8 Å². The van der Waals surface area contributed by atoms with Gasteiger partial charge in [0, 0.05) is 23.5 Å². The fourth-order valence-corrected chi connectivity index (χ4v) is 4.00. The van der Waals surface area contributed by atoms with Crippen LogP contribution in [0.15, 0.2) is 79.4 Å². The van der Waals surface area contributed by atoms with Crippen molar-refractivity contribution in [2.45, 2.75) is 6.92 Å². The molecule has 0 bridgehead atoms. The smallest absolute Gasteiger partial charge is 0.198 e. The molecule has 4 nitrogen and oxygen atoms in total. The van der Waals surface area contributed by atoms with Gasteiger partial charge >= 0.3 is 0 Å². The fourth-order valence-electron chi connectivity index (χ4n) is 4.00. The fraction of sp³-hybridized carbons (Fsp3) is 0.0400. The number of nitrogens with zero attached hydrogens (tertiary/aromatic N) is 2. The van der Waals surface area contributed by atoms with Crippen LogP contribution >= 0.6 is 0 Å². The van der Waals surface area contributed by atoms with Crippen LogP contribution in [0.5, 0.6) is 0 Å². The van der Waals surface area contributed by atoms with Crippen molar-refractivity contribution in [3.05, 3.63) is 108 Å². The van der Waals surface area contributed by atoms with Gasteiger partial charge in [0.25, 0.3) is 0 Å². The van der Waals surface area contributed by atoms with Crippen LogP contribution < -0.4 is 0 Å². The van der Waals surface area contributed by atoms with Crippen LogP contribution in [0.25, 0.3) is 27.7 Å². The van der Waals surface area contributed by atoms with Crippen molar-refractivity contribution in [2.75, 3.05) is 0 Å². The molecule has 0 fully saturated rings. The monoisotopic (exact) mass is 413 g/mol. The predicted molar refractivity (Wildman–Crippen MR) is 115 cm³/mol. The second-order valence-corrected chi connectivity index (χ2v) is 7.29. The zero-order chi connectivity index (χ0) is 21.5. The Kier molecular flexibility index (Phi) is 4.47. The van der Waals surface area contributed by atoms with Gasteiger partial charge in [-0.05, 0) is 35.4 Å². The molecule has 0 aliphatic rings. The summed E-state index contributed by atoms with van der Waals surface area (Å²) in [5.74, 6) is -1.44. The van der Waals surface area contributed by atoms with Crippen LogP contribution in [0, 0.1) is 18.6 Å². The summed E-state index contributed by atoms with van der Waals surface area (Å²) < 4.78 is 29.8. The second kappa shape index (κ2) is 7.32. The number of ketones is 1. The van der Waals surface area contributed by atoms with Crippen LogP contribution in [-0.4, -0.2) is 20.3 Å². The number of fused-ring (bicyclic) bond motifs is 1. The Morgan fingerprint density at radius 2 is 1.81 bits per heavy atom. The van der Waals surface area contributed by atoms with Gasteiger partial charge in [-0.15, -0.1) is 0 Å². The average molecular weight is 413 g/mol.